The van der Waals surface area contributed by atoms with Crippen LogP contribution >= 0.6 is 0 Å². The number of ether oxygens (including phenoxy) is 4. The molecule has 0 heterocycles. The van der Waals surface area contributed by atoms with Crippen LogP contribution in [0.2, 0.25) is 0 Å². The number of esters is 2. The molecule has 4 atom stereocenters. The standard InChI is InChI=1S/C20H32O8/c1-3-7-19(23)27-13-15(21)11-25-17-9-5-6-10-18(17)26-12-16(22)14-28-20(24)8-4-2/h3-4,7-8,15-18,21-22H,5-6,9-14H2,1-2H3. The van der Waals surface area contributed by atoms with Crippen molar-refractivity contribution in [3.63, 3.8) is 0 Å². The molecule has 0 aromatic rings. The Morgan fingerprint density at radius 1 is 0.821 bits per heavy atom. The van der Waals surface area contributed by atoms with Gasteiger partial charge in [0.15, 0.2) is 0 Å². The van der Waals surface area contributed by atoms with Crippen molar-refractivity contribution in [2.75, 3.05) is 26.4 Å². The molecule has 1 fully saturated rings. The smallest absolute Gasteiger partial charge is 0.330 e. The van der Waals surface area contributed by atoms with E-state index >= 15 is 0 Å². The molecule has 1 saturated carbocycles. The Morgan fingerprint density at radius 3 is 1.57 bits per heavy atom. The summed E-state index contributed by atoms with van der Waals surface area (Å²) < 4.78 is 21.3. The van der Waals surface area contributed by atoms with Gasteiger partial charge in [-0.2, -0.15) is 0 Å². The van der Waals surface area contributed by atoms with Crippen LogP contribution in [0.25, 0.3) is 0 Å². The normalized spacial score (nSPS) is 22.3. The highest BCUT2D eigenvalue weighted by molar-refractivity contribution is 5.82. The van der Waals surface area contributed by atoms with E-state index in [0.717, 1.165) is 25.7 Å². The second kappa shape index (κ2) is 14.3. The number of allylic oxidation sites excluding steroid dienone is 2. The van der Waals surface area contributed by atoms with Crippen molar-refractivity contribution in [2.24, 2.45) is 0 Å². The zero-order chi connectivity index (χ0) is 20.8. The van der Waals surface area contributed by atoms with Gasteiger partial charge in [-0.3, -0.25) is 0 Å². The van der Waals surface area contributed by atoms with Gasteiger partial charge in [0.2, 0.25) is 0 Å². The summed E-state index contributed by atoms with van der Waals surface area (Å²) in [5.74, 6) is -1.02. The summed E-state index contributed by atoms with van der Waals surface area (Å²) in [6.45, 7) is 3.17. The van der Waals surface area contributed by atoms with Crippen molar-refractivity contribution in [1.29, 1.82) is 0 Å². The number of rotatable bonds is 12. The van der Waals surface area contributed by atoms with E-state index in [1.54, 1.807) is 26.0 Å². The second-order valence-corrected chi connectivity index (χ2v) is 6.60. The molecule has 1 aliphatic rings. The third-order valence-corrected chi connectivity index (χ3v) is 4.09. The minimum Gasteiger partial charge on any atom is -0.460 e. The molecule has 0 radical (unpaired) electrons. The van der Waals surface area contributed by atoms with Crippen LogP contribution in [-0.4, -0.2) is 73.0 Å². The maximum absolute atomic E-state index is 11.2. The Balaban J connectivity index is 2.32. The molecule has 28 heavy (non-hydrogen) atoms. The first kappa shape index (κ1) is 24.3. The van der Waals surface area contributed by atoms with Gasteiger partial charge in [-0.15, -0.1) is 0 Å². The lowest BCUT2D eigenvalue weighted by Crippen LogP contribution is -2.39. The van der Waals surface area contributed by atoms with Crippen LogP contribution in [0, 0.1) is 0 Å². The molecule has 0 aromatic heterocycles. The number of aliphatic hydroxyl groups excluding tert-OH is 2. The van der Waals surface area contributed by atoms with Gasteiger partial charge in [0.1, 0.15) is 25.4 Å². The first-order chi connectivity index (χ1) is 13.5. The highest BCUT2D eigenvalue weighted by atomic mass is 16.6. The Morgan fingerprint density at radius 2 is 1.21 bits per heavy atom. The van der Waals surface area contributed by atoms with Crippen molar-refractivity contribution in [2.45, 2.75) is 63.9 Å². The maximum atomic E-state index is 11.2. The van der Waals surface area contributed by atoms with E-state index in [0.29, 0.717) is 0 Å². The molecule has 8 heteroatoms. The van der Waals surface area contributed by atoms with Gasteiger partial charge in [0.05, 0.1) is 25.4 Å². The van der Waals surface area contributed by atoms with Crippen molar-refractivity contribution in [1.82, 2.24) is 0 Å². The van der Waals surface area contributed by atoms with Gasteiger partial charge in [-0.1, -0.05) is 25.0 Å². The van der Waals surface area contributed by atoms with Crippen LogP contribution in [0.4, 0.5) is 0 Å². The van der Waals surface area contributed by atoms with Gasteiger partial charge in [0.25, 0.3) is 0 Å². The highest BCUT2D eigenvalue weighted by Gasteiger charge is 2.28. The fraction of sp³-hybridized carbons (Fsp3) is 0.700. The number of hydrogen-bond acceptors (Lipinski definition) is 8. The topological polar surface area (TPSA) is 112 Å². The largest absolute Gasteiger partial charge is 0.460 e. The zero-order valence-corrected chi connectivity index (χ0v) is 16.6. The lowest BCUT2D eigenvalue weighted by molar-refractivity contribution is -0.150. The molecule has 0 bridgehead atoms. The Bertz CT molecular complexity index is 470. The van der Waals surface area contributed by atoms with Gasteiger partial charge in [-0.25, -0.2) is 9.59 Å². The third-order valence-electron chi connectivity index (χ3n) is 4.09. The molecule has 0 amide bonds. The van der Waals surface area contributed by atoms with E-state index < -0.39 is 24.1 Å². The molecule has 4 unspecified atom stereocenters. The summed E-state index contributed by atoms with van der Waals surface area (Å²) in [6, 6.07) is 0. The first-order valence-corrected chi connectivity index (χ1v) is 9.64. The zero-order valence-electron chi connectivity index (χ0n) is 16.6. The number of carbonyl (C=O) groups excluding carboxylic acids is 2. The average Bonchev–Trinajstić information content (AvgIpc) is 2.68. The summed E-state index contributed by atoms with van der Waals surface area (Å²) in [6.07, 6.45) is 6.93. The molecule has 0 spiro atoms. The van der Waals surface area contributed by atoms with Gasteiger partial charge >= 0.3 is 11.9 Å². The molecule has 0 aliphatic heterocycles. The second-order valence-electron chi connectivity index (χ2n) is 6.60. The third kappa shape index (κ3) is 10.6. The summed E-state index contributed by atoms with van der Waals surface area (Å²) in [7, 11) is 0. The minimum atomic E-state index is -0.923. The van der Waals surface area contributed by atoms with Gasteiger partial charge < -0.3 is 29.2 Å². The van der Waals surface area contributed by atoms with E-state index in [2.05, 4.69) is 0 Å². The molecule has 160 valence electrons. The molecular formula is C20H32O8. The molecular weight excluding hydrogens is 368 g/mol. The quantitative estimate of drug-likeness (QED) is 0.372. The van der Waals surface area contributed by atoms with E-state index in [9.17, 15) is 19.8 Å². The average molecular weight is 400 g/mol. The first-order valence-electron chi connectivity index (χ1n) is 9.64. The van der Waals surface area contributed by atoms with Gasteiger partial charge in [0, 0.05) is 12.2 Å². The maximum Gasteiger partial charge on any atom is 0.330 e. The molecule has 8 nitrogen and oxygen atoms in total. The molecule has 0 aromatic carbocycles. The Labute approximate surface area is 166 Å². The summed E-state index contributed by atoms with van der Waals surface area (Å²) in [5.41, 5.74) is 0. The fourth-order valence-corrected chi connectivity index (χ4v) is 2.73. The van der Waals surface area contributed by atoms with Crippen LogP contribution in [-0.2, 0) is 28.5 Å². The van der Waals surface area contributed by atoms with Crippen LogP contribution in [0.1, 0.15) is 39.5 Å². The highest BCUT2D eigenvalue weighted by Crippen LogP contribution is 2.24. The van der Waals surface area contributed by atoms with E-state index in [1.165, 1.54) is 12.2 Å². The van der Waals surface area contributed by atoms with Crippen LogP contribution < -0.4 is 0 Å². The van der Waals surface area contributed by atoms with Crippen LogP contribution in [0.5, 0.6) is 0 Å². The van der Waals surface area contributed by atoms with Crippen molar-refractivity contribution in [3.8, 4) is 0 Å². The lowest BCUT2D eigenvalue weighted by atomic mass is 9.94. The van der Waals surface area contributed by atoms with E-state index in [-0.39, 0.29) is 38.6 Å². The molecule has 2 N–H and O–H groups in total. The lowest BCUT2D eigenvalue weighted by Gasteiger charge is -2.32. The van der Waals surface area contributed by atoms with Crippen molar-refractivity contribution >= 4 is 11.9 Å². The molecule has 1 rings (SSSR count). The summed E-state index contributed by atoms with van der Waals surface area (Å²) in [5, 5.41) is 19.8. The SMILES string of the molecule is CC=CC(=O)OCC(O)COC1CCCCC1OCC(O)COC(=O)C=CC. The van der Waals surface area contributed by atoms with Crippen molar-refractivity contribution < 1.29 is 38.7 Å². The molecule has 1 aliphatic carbocycles. The Kier molecular flexibility index (Phi) is 12.4. The van der Waals surface area contributed by atoms with Crippen LogP contribution in [0.3, 0.4) is 0 Å². The van der Waals surface area contributed by atoms with Crippen LogP contribution in [0.15, 0.2) is 24.3 Å². The fourth-order valence-electron chi connectivity index (χ4n) is 2.73. The van der Waals surface area contributed by atoms with Crippen molar-refractivity contribution in [3.05, 3.63) is 24.3 Å². The summed E-state index contributed by atoms with van der Waals surface area (Å²) in [4.78, 5) is 22.5. The van der Waals surface area contributed by atoms with E-state index in [4.69, 9.17) is 18.9 Å². The number of carbonyl (C=O) groups is 2. The predicted molar refractivity (Wildman–Crippen MR) is 102 cm³/mol. The molecule has 0 saturated heterocycles. The number of aliphatic hydroxyl groups is 2. The predicted octanol–water partition coefficient (Wildman–Crippen LogP) is 1.29. The minimum absolute atomic E-state index is 0.0250. The summed E-state index contributed by atoms with van der Waals surface area (Å²) >= 11 is 0. The Hall–Kier alpha value is -1.74. The monoisotopic (exact) mass is 400 g/mol. The van der Waals surface area contributed by atoms with Gasteiger partial charge in [-0.05, 0) is 26.7 Å². The number of hydrogen-bond donors (Lipinski definition) is 2. The van der Waals surface area contributed by atoms with E-state index in [1.807, 2.05) is 0 Å².